The van der Waals surface area contributed by atoms with Crippen LogP contribution in [0, 0.1) is 3.57 Å². The molecular weight excluding hydrogens is 363 g/mol. The molecule has 0 saturated carbocycles. The van der Waals surface area contributed by atoms with Gasteiger partial charge in [0.25, 0.3) is 0 Å². The highest BCUT2D eigenvalue weighted by Crippen LogP contribution is 2.19. The van der Waals surface area contributed by atoms with Gasteiger partial charge in [-0.15, -0.1) is 0 Å². The summed E-state index contributed by atoms with van der Waals surface area (Å²) in [7, 11) is 3.08. The molecule has 0 amide bonds. The molecule has 0 atom stereocenters. The molecule has 1 aromatic carbocycles. The Morgan fingerprint density at radius 3 is 2.85 bits per heavy atom. The average Bonchev–Trinajstić information content (AvgIpc) is 2.04. The zero-order valence-corrected chi connectivity index (χ0v) is 11.3. The van der Waals surface area contributed by atoms with Crippen LogP contribution in [0.25, 0.3) is 0 Å². The van der Waals surface area contributed by atoms with Crippen LogP contribution in [0.4, 0.5) is 0 Å². The van der Waals surface area contributed by atoms with Crippen molar-refractivity contribution in [2.75, 3.05) is 6.23 Å². The Hall–Kier alpha value is 0.117. The summed E-state index contributed by atoms with van der Waals surface area (Å²) in [5.74, 6) is -0.313. The van der Waals surface area contributed by atoms with Crippen molar-refractivity contribution in [2.24, 2.45) is 0 Å². The van der Waals surface area contributed by atoms with Crippen LogP contribution in [0.2, 0.25) is 0 Å². The number of hydrogen-bond acceptors (Lipinski definition) is 2. The monoisotopic (exact) mass is 367 g/mol. The smallest absolute Gasteiger partial charge is 0.338 e. The van der Waals surface area contributed by atoms with E-state index in [-0.39, 0.29) is 12.2 Å². The Labute approximate surface area is 102 Å². The molecule has 67 valence electrons. The fourth-order valence-electron chi connectivity index (χ4n) is 0.798. The number of halogens is 2. The SMILES string of the molecule is O=C(OC[Si])c1ccc(Br)cc1I. The number of ether oxygens (including phenoxy) is 1. The van der Waals surface area contributed by atoms with E-state index in [4.69, 9.17) is 4.74 Å². The highest BCUT2D eigenvalue weighted by atomic mass is 127. The highest BCUT2D eigenvalue weighted by molar-refractivity contribution is 14.1. The zero-order chi connectivity index (χ0) is 9.84. The second kappa shape index (κ2) is 5.11. The van der Waals surface area contributed by atoms with Gasteiger partial charge in [-0.05, 0) is 40.8 Å². The lowest BCUT2D eigenvalue weighted by atomic mass is 10.2. The Morgan fingerprint density at radius 1 is 1.62 bits per heavy atom. The predicted molar refractivity (Wildman–Crippen MR) is 62.9 cm³/mol. The van der Waals surface area contributed by atoms with Crippen molar-refractivity contribution in [3.63, 3.8) is 0 Å². The largest absolute Gasteiger partial charge is 0.467 e. The van der Waals surface area contributed by atoms with Crippen molar-refractivity contribution in [3.8, 4) is 0 Å². The molecule has 2 nitrogen and oxygen atoms in total. The van der Waals surface area contributed by atoms with Crippen LogP contribution in [0.5, 0.6) is 0 Å². The third kappa shape index (κ3) is 3.06. The summed E-state index contributed by atoms with van der Waals surface area (Å²) >= 11 is 5.41. The Bertz CT molecular complexity index is 330. The first-order chi connectivity index (χ1) is 6.15. The van der Waals surface area contributed by atoms with Crippen molar-refractivity contribution in [1.29, 1.82) is 0 Å². The lowest BCUT2D eigenvalue weighted by Gasteiger charge is -2.03. The molecule has 5 heteroatoms. The summed E-state index contributed by atoms with van der Waals surface area (Å²) in [5, 5.41) is 0. The van der Waals surface area contributed by atoms with Crippen LogP contribution >= 0.6 is 38.5 Å². The molecule has 0 aromatic heterocycles. The van der Waals surface area contributed by atoms with Gasteiger partial charge < -0.3 is 4.74 Å². The van der Waals surface area contributed by atoms with Gasteiger partial charge in [0.2, 0.25) is 0 Å². The van der Waals surface area contributed by atoms with E-state index in [0.717, 1.165) is 8.04 Å². The lowest BCUT2D eigenvalue weighted by Crippen LogP contribution is -2.07. The van der Waals surface area contributed by atoms with E-state index in [2.05, 4.69) is 48.8 Å². The minimum absolute atomic E-state index is 0.213. The number of rotatable bonds is 2. The molecule has 1 aromatic rings. The molecule has 0 heterocycles. The predicted octanol–water partition coefficient (Wildman–Crippen LogP) is 2.34. The molecule has 0 spiro atoms. The zero-order valence-electron chi connectivity index (χ0n) is 6.51. The van der Waals surface area contributed by atoms with Gasteiger partial charge in [-0.1, -0.05) is 15.9 Å². The van der Waals surface area contributed by atoms with Crippen LogP contribution < -0.4 is 0 Å². The Morgan fingerprint density at radius 2 is 2.31 bits per heavy atom. The van der Waals surface area contributed by atoms with Crippen LogP contribution in [-0.2, 0) is 4.74 Å². The quantitative estimate of drug-likeness (QED) is 0.455. The molecule has 0 aliphatic rings. The average molecular weight is 368 g/mol. The standard InChI is InChI=1S/C8H5BrIO2Si/c9-5-1-2-6(7(10)3-5)8(11)12-4-13/h1-3H,4H2. The fourth-order valence-corrected chi connectivity index (χ4v) is 2.45. The maximum Gasteiger partial charge on any atom is 0.338 e. The Kier molecular flexibility index (Phi) is 4.40. The molecule has 13 heavy (non-hydrogen) atoms. The summed E-state index contributed by atoms with van der Waals surface area (Å²) in [5.41, 5.74) is 0.585. The second-order valence-corrected chi connectivity index (χ2v) is 4.57. The topological polar surface area (TPSA) is 26.3 Å². The van der Waals surface area contributed by atoms with Crippen molar-refractivity contribution in [1.82, 2.24) is 0 Å². The fraction of sp³-hybridized carbons (Fsp3) is 0.125. The molecule has 0 aliphatic heterocycles. The van der Waals surface area contributed by atoms with Crippen molar-refractivity contribution in [2.45, 2.75) is 0 Å². The van der Waals surface area contributed by atoms with Crippen LogP contribution in [0.3, 0.4) is 0 Å². The van der Waals surface area contributed by atoms with Gasteiger partial charge in [0.05, 0.1) is 22.0 Å². The second-order valence-electron chi connectivity index (χ2n) is 2.20. The van der Waals surface area contributed by atoms with Crippen molar-refractivity contribution in [3.05, 3.63) is 31.8 Å². The first-order valence-electron chi connectivity index (χ1n) is 3.42. The first-order valence-corrected chi connectivity index (χ1v) is 6.00. The number of hydrogen-bond donors (Lipinski definition) is 0. The van der Waals surface area contributed by atoms with E-state index in [1.807, 2.05) is 12.1 Å². The molecule has 0 bridgehead atoms. The van der Waals surface area contributed by atoms with E-state index in [1.54, 1.807) is 6.07 Å². The van der Waals surface area contributed by atoms with Gasteiger partial charge in [-0.3, -0.25) is 0 Å². The van der Waals surface area contributed by atoms with Gasteiger partial charge in [0.15, 0.2) is 0 Å². The number of benzene rings is 1. The third-order valence-corrected chi connectivity index (χ3v) is 2.88. The number of carbonyl (C=O) groups is 1. The minimum atomic E-state index is -0.313. The summed E-state index contributed by atoms with van der Waals surface area (Å²) < 4.78 is 6.63. The molecule has 3 radical (unpaired) electrons. The van der Waals surface area contributed by atoms with E-state index >= 15 is 0 Å². The first kappa shape index (κ1) is 11.2. The molecule has 0 saturated heterocycles. The van der Waals surface area contributed by atoms with Crippen LogP contribution in [-0.4, -0.2) is 22.4 Å². The third-order valence-electron chi connectivity index (χ3n) is 1.35. The molecule has 1 rings (SSSR count). The van der Waals surface area contributed by atoms with E-state index in [9.17, 15) is 4.79 Å². The minimum Gasteiger partial charge on any atom is -0.467 e. The van der Waals surface area contributed by atoms with E-state index in [0.29, 0.717) is 5.56 Å². The van der Waals surface area contributed by atoms with Crippen LogP contribution in [0.1, 0.15) is 10.4 Å². The summed E-state index contributed by atoms with van der Waals surface area (Å²) in [6.45, 7) is 0. The maximum absolute atomic E-state index is 11.3. The summed E-state index contributed by atoms with van der Waals surface area (Å²) in [4.78, 5) is 11.3. The summed E-state index contributed by atoms with van der Waals surface area (Å²) in [6.07, 6.45) is 0.213. The maximum atomic E-state index is 11.3. The molecule has 0 aliphatic carbocycles. The van der Waals surface area contributed by atoms with E-state index in [1.165, 1.54) is 0 Å². The van der Waals surface area contributed by atoms with Gasteiger partial charge in [0, 0.05) is 8.04 Å². The van der Waals surface area contributed by atoms with Crippen molar-refractivity contribution >= 4 is 54.7 Å². The molecule has 0 N–H and O–H groups in total. The number of esters is 1. The van der Waals surface area contributed by atoms with Gasteiger partial charge in [-0.25, -0.2) is 4.79 Å². The summed E-state index contributed by atoms with van der Waals surface area (Å²) in [6, 6.07) is 5.41. The van der Waals surface area contributed by atoms with Gasteiger partial charge in [0.1, 0.15) is 0 Å². The molecule has 0 unspecified atom stereocenters. The Balaban J connectivity index is 2.95. The molecular formula is C8H5BrIO2Si. The number of carbonyl (C=O) groups excluding carboxylic acids is 1. The normalized spacial score (nSPS) is 9.77. The van der Waals surface area contributed by atoms with E-state index < -0.39 is 0 Å². The highest BCUT2D eigenvalue weighted by Gasteiger charge is 2.10. The molecule has 0 fully saturated rings. The lowest BCUT2D eigenvalue weighted by molar-refractivity contribution is 0.0572. The van der Waals surface area contributed by atoms with Gasteiger partial charge >= 0.3 is 5.97 Å². The van der Waals surface area contributed by atoms with Crippen LogP contribution in [0.15, 0.2) is 22.7 Å². The van der Waals surface area contributed by atoms with Gasteiger partial charge in [-0.2, -0.15) is 0 Å². The van der Waals surface area contributed by atoms with Crippen molar-refractivity contribution < 1.29 is 9.53 Å².